The summed E-state index contributed by atoms with van der Waals surface area (Å²) in [7, 11) is -2.33. The second-order valence-corrected chi connectivity index (χ2v) is 17.3. The van der Waals surface area contributed by atoms with E-state index >= 15 is 0 Å². The largest absolute Gasteiger partial charge is 4.00 e. The predicted octanol–water partition coefficient (Wildman–Crippen LogP) is 12.6. The Morgan fingerprint density at radius 1 is 0.380 bits per heavy atom. The van der Waals surface area contributed by atoms with Crippen LogP contribution in [0.3, 0.4) is 0 Å². The summed E-state index contributed by atoms with van der Waals surface area (Å²) in [5.41, 5.74) is 10.4. The van der Waals surface area contributed by atoms with Crippen LogP contribution in [-0.4, -0.2) is 8.07 Å². The first kappa shape index (κ1) is 36.9. The predicted molar refractivity (Wildman–Crippen MR) is 220 cm³/mol. The normalized spacial score (nSPS) is 11.1. The molecule has 0 saturated heterocycles. The molecule has 0 aromatic heterocycles. The molecule has 0 atom stereocenters. The Labute approximate surface area is 319 Å². The molecule has 0 aliphatic carbocycles. The third-order valence-corrected chi connectivity index (χ3v) is 15.8. The minimum Gasteiger partial charge on any atom is -0.358 e. The van der Waals surface area contributed by atoms with Gasteiger partial charge in [-0.2, -0.15) is 0 Å². The smallest absolute Gasteiger partial charge is 0.358 e. The fraction of sp³-hybridized carbons (Fsp3) is 0.0833. The van der Waals surface area contributed by atoms with Crippen LogP contribution in [0.25, 0.3) is 66.1 Å². The van der Waals surface area contributed by atoms with Crippen LogP contribution in [0, 0.1) is 14.9 Å². The van der Waals surface area contributed by atoms with Gasteiger partial charge in [0.2, 0.25) is 0 Å². The first-order valence-corrected chi connectivity index (χ1v) is 19.3. The summed E-state index contributed by atoms with van der Waals surface area (Å²) < 4.78 is 0. The summed E-state index contributed by atoms with van der Waals surface area (Å²) >= 11 is 0. The van der Waals surface area contributed by atoms with Crippen molar-refractivity contribution in [3.8, 4) is 44.5 Å². The number of benzene rings is 6. The van der Waals surface area contributed by atoms with E-state index in [9.17, 15) is 0 Å². The van der Waals surface area contributed by atoms with Crippen LogP contribution in [-0.2, 0) is 25.8 Å². The fourth-order valence-corrected chi connectivity index (χ4v) is 13.1. The van der Waals surface area contributed by atoms with Gasteiger partial charge in [0.1, 0.15) is 0 Å². The molecule has 0 spiro atoms. The Kier molecular flexibility index (Phi) is 11.6. The summed E-state index contributed by atoms with van der Waals surface area (Å²) in [5.74, 6) is 0. The molecule has 0 fully saturated rings. The molecule has 0 N–H and O–H groups in total. The van der Waals surface area contributed by atoms with Gasteiger partial charge < -0.3 is 14.9 Å². The van der Waals surface area contributed by atoms with E-state index in [1.165, 1.54) is 66.1 Å². The van der Waals surface area contributed by atoms with Gasteiger partial charge >= 0.3 is 25.8 Å². The molecule has 0 saturated carbocycles. The van der Waals surface area contributed by atoms with Crippen LogP contribution in [0.15, 0.2) is 170 Å². The second kappa shape index (κ2) is 15.7. The Morgan fingerprint density at radius 3 is 1.04 bits per heavy atom. The Bertz CT molecular complexity index is 2120. The molecule has 0 bridgehead atoms. The van der Waals surface area contributed by atoms with Crippen molar-refractivity contribution in [2.24, 2.45) is 0 Å². The Morgan fingerprint density at radius 2 is 0.680 bits per heavy atom. The van der Waals surface area contributed by atoms with E-state index in [-0.39, 0.29) is 40.7 Å². The summed E-state index contributed by atoms with van der Waals surface area (Å²) in [4.78, 5) is 0. The topological polar surface area (TPSA) is 0 Å². The van der Waals surface area contributed by atoms with E-state index in [2.05, 4.69) is 184 Å². The molecule has 0 heterocycles. The minimum absolute atomic E-state index is 0. The summed E-state index contributed by atoms with van der Waals surface area (Å²) in [5, 5.41) is 8.69. The maximum Gasteiger partial charge on any atom is 4.00 e. The van der Waals surface area contributed by atoms with Crippen molar-refractivity contribution in [3.63, 3.8) is 0 Å². The second-order valence-electron chi connectivity index (χ2n) is 12.7. The average molecular weight is 827 g/mol. The van der Waals surface area contributed by atoms with Crippen LogP contribution in [0.5, 0.6) is 0 Å². The van der Waals surface area contributed by atoms with E-state index in [1.807, 2.05) is 0 Å². The van der Waals surface area contributed by atoms with Crippen LogP contribution in [0.4, 0.5) is 0 Å². The van der Waals surface area contributed by atoms with E-state index in [1.54, 1.807) is 10.4 Å². The van der Waals surface area contributed by atoms with Crippen molar-refractivity contribution in [3.05, 3.63) is 185 Å². The van der Waals surface area contributed by atoms with E-state index in [4.69, 9.17) is 0 Å². The fourth-order valence-electron chi connectivity index (χ4n) is 7.96. The monoisotopic (exact) mass is 828 g/mol. The first-order valence-electron chi connectivity index (χ1n) is 16.9. The Hall–Kier alpha value is -4.37. The molecule has 8 rings (SSSR count). The van der Waals surface area contributed by atoms with Crippen molar-refractivity contribution in [2.45, 2.75) is 25.9 Å². The van der Waals surface area contributed by atoms with E-state index in [0.29, 0.717) is 0 Å². The molecular weight excluding hydrogens is 783 g/mol. The number of hydrogen-bond donors (Lipinski definition) is 0. The van der Waals surface area contributed by atoms with Crippen molar-refractivity contribution >= 4 is 40.0 Å². The maximum absolute atomic E-state index is 2.47. The number of hydrogen-bond acceptors (Lipinski definition) is 0. The zero-order chi connectivity index (χ0) is 31.8. The van der Waals surface area contributed by atoms with Crippen LogP contribution in [0.1, 0.15) is 13.8 Å². The molecular formula is C48H44HfSi. The van der Waals surface area contributed by atoms with Crippen molar-refractivity contribution in [1.82, 2.24) is 0 Å². The zero-order valence-electron chi connectivity index (χ0n) is 29.6. The van der Waals surface area contributed by atoms with Crippen LogP contribution < -0.4 is 10.4 Å². The van der Waals surface area contributed by atoms with E-state index < -0.39 is 8.07 Å². The molecule has 8 aromatic rings. The molecule has 8 aromatic carbocycles. The molecule has 2 heteroatoms. The van der Waals surface area contributed by atoms with Gasteiger partial charge in [0, 0.05) is 8.07 Å². The first-order chi connectivity index (χ1) is 23.2. The third-order valence-electron chi connectivity index (χ3n) is 10.4. The zero-order valence-corrected chi connectivity index (χ0v) is 34.2. The van der Waals surface area contributed by atoms with Gasteiger partial charge in [-0.05, 0) is 22.3 Å². The average Bonchev–Trinajstić information content (AvgIpc) is 3.74. The van der Waals surface area contributed by atoms with Crippen molar-refractivity contribution < 1.29 is 25.8 Å². The summed E-state index contributed by atoms with van der Waals surface area (Å²) in [6.45, 7) is 4.90. The molecule has 0 nitrogen and oxygen atoms in total. The summed E-state index contributed by atoms with van der Waals surface area (Å²) in [6, 6.07) is 65.3. The molecule has 0 aliphatic rings. The number of fused-ring (bicyclic) bond motifs is 2. The molecule has 0 amide bonds. The third kappa shape index (κ3) is 6.36. The van der Waals surface area contributed by atoms with Crippen molar-refractivity contribution in [1.29, 1.82) is 0 Å². The molecule has 50 heavy (non-hydrogen) atoms. The quantitative estimate of drug-likeness (QED) is 0.106. The van der Waals surface area contributed by atoms with Gasteiger partial charge in [-0.1, -0.05) is 183 Å². The molecule has 0 aliphatic heterocycles. The van der Waals surface area contributed by atoms with Gasteiger partial charge in [0.25, 0.3) is 0 Å². The standard InChI is InChI=1S/C46H38Si.2CH3.Hf/c1-3-47(4-2,45-41-21-13-11-19-39(41)31-43(45)37-27-23-35(24-28-37)33-15-7-5-8-16-33)46-42-22-14-12-20-40(42)32-44(46)38-29-25-36(26-30-38)34-17-9-6-10-18-34;;;/h5-32H,3-4H2,1-2H3;2*1H3;/q-2;2*-1;+4. The molecule has 244 valence electrons. The minimum atomic E-state index is -2.33. The molecule has 0 radical (unpaired) electrons. The number of rotatable bonds is 8. The summed E-state index contributed by atoms with van der Waals surface area (Å²) in [6.07, 6.45) is 0. The van der Waals surface area contributed by atoms with Crippen molar-refractivity contribution in [2.75, 3.05) is 0 Å². The van der Waals surface area contributed by atoms with Gasteiger partial charge in [-0.3, -0.25) is 0 Å². The molecule has 0 unspecified atom stereocenters. The van der Waals surface area contributed by atoms with Gasteiger partial charge in [-0.15, -0.1) is 67.3 Å². The maximum atomic E-state index is 2.47. The van der Waals surface area contributed by atoms with Gasteiger partial charge in [0.05, 0.1) is 0 Å². The van der Waals surface area contributed by atoms with Crippen LogP contribution in [0.2, 0.25) is 12.1 Å². The van der Waals surface area contributed by atoms with Crippen LogP contribution >= 0.6 is 0 Å². The van der Waals surface area contributed by atoms with Gasteiger partial charge in [-0.25, -0.2) is 0 Å². The van der Waals surface area contributed by atoms with E-state index in [0.717, 1.165) is 12.1 Å². The Balaban J connectivity index is 0.00000162. The van der Waals surface area contributed by atoms with Gasteiger partial charge in [0.15, 0.2) is 0 Å². The SMILES string of the molecule is CC[Si](CC)(c1c(-c2ccc(-c3ccccc3)cc2)[cH-]c2ccccc12)c1c(-c2ccc(-c3ccccc3)cc2)[cH-]c2ccccc12.[CH3-].[CH3-].[Hf+4].